The normalized spacial score (nSPS) is 24.8. The Labute approximate surface area is 162 Å². The molecule has 0 bridgehead atoms. The third-order valence-corrected chi connectivity index (χ3v) is 6.44. The molecule has 0 atom stereocenters. The summed E-state index contributed by atoms with van der Waals surface area (Å²) in [6.45, 7) is 5.36. The quantitative estimate of drug-likeness (QED) is 0.780. The van der Waals surface area contributed by atoms with Gasteiger partial charge in [0.2, 0.25) is 11.7 Å². The van der Waals surface area contributed by atoms with Gasteiger partial charge in [0, 0.05) is 26.1 Å². The van der Waals surface area contributed by atoms with Gasteiger partial charge in [0.25, 0.3) is 0 Å². The topological polar surface area (TPSA) is 60.1 Å². The zero-order chi connectivity index (χ0) is 20.6. The molecule has 2 aliphatic rings. The minimum absolute atomic E-state index is 0.0564. The van der Waals surface area contributed by atoms with E-state index in [1.54, 1.807) is 0 Å². The fourth-order valence-electron chi connectivity index (χ4n) is 4.56. The highest BCUT2D eigenvalue weighted by molar-refractivity contribution is 5.79. The standard InChI is InChI=1S/C19H29F3N4O2/c1-12(2)13-4-6-14(7-5-13)16(27)25-10-8-15(9-11-25)26-18(28)24(3)17(23-26)19(20,21)22/h12-15H,4-11H2,1-3H3. The summed E-state index contributed by atoms with van der Waals surface area (Å²) in [6, 6.07) is -0.407. The van der Waals surface area contributed by atoms with E-state index in [1.807, 2.05) is 4.90 Å². The first kappa shape index (κ1) is 20.9. The van der Waals surface area contributed by atoms with E-state index in [9.17, 15) is 22.8 Å². The van der Waals surface area contributed by atoms with Gasteiger partial charge in [-0.3, -0.25) is 9.36 Å². The molecule has 1 saturated heterocycles. The number of halogens is 3. The van der Waals surface area contributed by atoms with Gasteiger partial charge >= 0.3 is 11.9 Å². The Morgan fingerprint density at radius 2 is 1.64 bits per heavy atom. The number of nitrogens with zero attached hydrogens (tertiary/aromatic N) is 4. The number of alkyl halides is 3. The molecule has 0 spiro atoms. The summed E-state index contributed by atoms with van der Waals surface area (Å²) in [5.41, 5.74) is -0.760. The Balaban J connectivity index is 1.59. The fraction of sp³-hybridized carbons (Fsp3) is 0.842. The van der Waals surface area contributed by atoms with Crippen LogP contribution in [-0.4, -0.2) is 38.2 Å². The molecule has 0 unspecified atom stereocenters. The van der Waals surface area contributed by atoms with Crippen molar-refractivity contribution in [1.29, 1.82) is 0 Å². The maximum atomic E-state index is 13.0. The monoisotopic (exact) mass is 402 g/mol. The molecule has 1 amide bonds. The molecule has 1 aromatic heterocycles. The molecule has 28 heavy (non-hydrogen) atoms. The van der Waals surface area contributed by atoms with E-state index in [-0.39, 0.29) is 11.8 Å². The first-order chi connectivity index (χ1) is 13.1. The number of aromatic nitrogens is 3. The predicted octanol–water partition coefficient (Wildman–Crippen LogP) is 3.23. The molecule has 1 aliphatic carbocycles. The Bertz CT molecular complexity index is 752. The lowest BCUT2D eigenvalue weighted by atomic mass is 9.76. The van der Waals surface area contributed by atoms with Crippen LogP contribution in [-0.2, 0) is 18.0 Å². The summed E-state index contributed by atoms with van der Waals surface area (Å²) < 4.78 is 40.4. The van der Waals surface area contributed by atoms with Crippen LogP contribution >= 0.6 is 0 Å². The van der Waals surface area contributed by atoms with Crippen LogP contribution in [0.15, 0.2) is 4.79 Å². The van der Waals surface area contributed by atoms with Crippen LogP contribution in [0.25, 0.3) is 0 Å². The highest BCUT2D eigenvalue weighted by atomic mass is 19.4. The molecule has 0 N–H and O–H groups in total. The smallest absolute Gasteiger partial charge is 0.342 e. The average molecular weight is 402 g/mol. The molecule has 9 heteroatoms. The summed E-state index contributed by atoms with van der Waals surface area (Å²) in [6.07, 6.45) is 0.210. The van der Waals surface area contributed by atoms with Gasteiger partial charge in [0.1, 0.15) is 0 Å². The second-order valence-electron chi connectivity index (χ2n) is 8.52. The van der Waals surface area contributed by atoms with Crippen molar-refractivity contribution in [3.05, 3.63) is 16.3 Å². The molecule has 1 aliphatic heterocycles. The fourth-order valence-corrected chi connectivity index (χ4v) is 4.56. The molecule has 1 saturated carbocycles. The number of hydrogen-bond donors (Lipinski definition) is 0. The summed E-state index contributed by atoms with van der Waals surface area (Å²) in [4.78, 5) is 26.8. The summed E-state index contributed by atoms with van der Waals surface area (Å²) >= 11 is 0. The molecule has 158 valence electrons. The van der Waals surface area contributed by atoms with Crippen molar-refractivity contribution in [3.8, 4) is 0 Å². The van der Waals surface area contributed by atoms with E-state index in [0.29, 0.717) is 42.3 Å². The molecule has 6 nitrogen and oxygen atoms in total. The van der Waals surface area contributed by atoms with Gasteiger partial charge in [0.15, 0.2) is 0 Å². The number of hydrogen-bond acceptors (Lipinski definition) is 3. The number of carbonyl (C=O) groups excluding carboxylic acids is 1. The number of rotatable bonds is 3. The SMILES string of the molecule is CC(C)C1CCC(C(=O)N2CCC(n3nc(C(F)(F)F)n(C)c3=O)CC2)CC1. The minimum atomic E-state index is -4.66. The lowest BCUT2D eigenvalue weighted by molar-refractivity contribution is -0.147. The van der Waals surface area contributed by atoms with Gasteiger partial charge in [-0.1, -0.05) is 13.8 Å². The van der Waals surface area contributed by atoms with Gasteiger partial charge in [-0.2, -0.15) is 13.2 Å². The maximum Gasteiger partial charge on any atom is 0.451 e. The molecular weight excluding hydrogens is 373 g/mol. The van der Waals surface area contributed by atoms with Crippen molar-refractivity contribution >= 4 is 5.91 Å². The van der Waals surface area contributed by atoms with E-state index < -0.39 is 23.7 Å². The lowest BCUT2D eigenvalue weighted by Crippen LogP contribution is -2.44. The zero-order valence-electron chi connectivity index (χ0n) is 16.7. The van der Waals surface area contributed by atoms with Gasteiger partial charge in [-0.25, -0.2) is 9.48 Å². The number of likely N-dealkylation sites (tertiary alicyclic amines) is 1. The Morgan fingerprint density at radius 3 is 2.11 bits per heavy atom. The molecule has 1 aromatic rings. The zero-order valence-corrected chi connectivity index (χ0v) is 16.7. The molecule has 2 heterocycles. The van der Waals surface area contributed by atoms with E-state index in [1.165, 1.54) is 0 Å². The van der Waals surface area contributed by atoms with Crippen LogP contribution in [0, 0.1) is 17.8 Å². The first-order valence-electron chi connectivity index (χ1n) is 10.1. The van der Waals surface area contributed by atoms with Crippen molar-refractivity contribution in [1.82, 2.24) is 19.2 Å². The first-order valence-corrected chi connectivity index (χ1v) is 10.1. The number of carbonyl (C=O) groups is 1. The van der Waals surface area contributed by atoms with Crippen LogP contribution in [0.5, 0.6) is 0 Å². The van der Waals surface area contributed by atoms with E-state index >= 15 is 0 Å². The van der Waals surface area contributed by atoms with Crippen LogP contribution in [0.2, 0.25) is 0 Å². The highest BCUT2D eigenvalue weighted by Gasteiger charge is 2.39. The second kappa shape index (κ2) is 7.91. The number of piperidine rings is 1. The lowest BCUT2D eigenvalue weighted by Gasteiger charge is -2.36. The molecule has 0 radical (unpaired) electrons. The third kappa shape index (κ3) is 4.12. The Hall–Kier alpha value is -1.80. The van der Waals surface area contributed by atoms with Crippen molar-refractivity contribution in [2.75, 3.05) is 13.1 Å². The van der Waals surface area contributed by atoms with Crippen LogP contribution in [0.1, 0.15) is 64.2 Å². The molecular formula is C19H29F3N4O2. The van der Waals surface area contributed by atoms with E-state index in [2.05, 4.69) is 18.9 Å². The van der Waals surface area contributed by atoms with Gasteiger partial charge in [-0.05, 0) is 50.4 Å². The van der Waals surface area contributed by atoms with Crippen LogP contribution in [0.4, 0.5) is 13.2 Å². The largest absolute Gasteiger partial charge is 0.451 e. The van der Waals surface area contributed by atoms with Crippen LogP contribution in [0.3, 0.4) is 0 Å². The minimum Gasteiger partial charge on any atom is -0.342 e. The van der Waals surface area contributed by atoms with Gasteiger partial charge in [0.05, 0.1) is 6.04 Å². The van der Waals surface area contributed by atoms with Crippen LogP contribution < -0.4 is 5.69 Å². The second-order valence-corrected chi connectivity index (χ2v) is 8.52. The molecule has 2 fully saturated rings. The maximum absolute atomic E-state index is 13.0. The summed E-state index contributed by atoms with van der Waals surface area (Å²) in [7, 11) is 1.08. The molecule has 3 rings (SSSR count). The predicted molar refractivity (Wildman–Crippen MR) is 97.6 cm³/mol. The van der Waals surface area contributed by atoms with E-state index in [4.69, 9.17) is 0 Å². The van der Waals surface area contributed by atoms with E-state index in [0.717, 1.165) is 37.4 Å². The third-order valence-electron chi connectivity index (χ3n) is 6.44. The summed E-state index contributed by atoms with van der Waals surface area (Å²) in [5.74, 6) is 0.364. The highest BCUT2D eigenvalue weighted by Crippen LogP contribution is 2.35. The van der Waals surface area contributed by atoms with Crippen molar-refractivity contribution in [2.45, 2.75) is 64.6 Å². The Kier molecular flexibility index (Phi) is 5.91. The summed E-state index contributed by atoms with van der Waals surface area (Å²) in [5, 5.41) is 3.53. The van der Waals surface area contributed by atoms with Crippen molar-refractivity contribution in [2.24, 2.45) is 24.8 Å². The van der Waals surface area contributed by atoms with Gasteiger partial charge < -0.3 is 4.90 Å². The molecule has 0 aromatic carbocycles. The van der Waals surface area contributed by atoms with Gasteiger partial charge in [-0.15, -0.1) is 5.10 Å². The van der Waals surface area contributed by atoms with Crippen molar-refractivity contribution in [3.63, 3.8) is 0 Å². The Morgan fingerprint density at radius 1 is 1.07 bits per heavy atom. The average Bonchev–Trinajstić information content (AvgIpc) is 2.97. The number of amides is 1. The van der Waals surface area contributed by atoms with Crippen molar-refractivity contribution < 1.29 is 18.0 Å².